The lowest BCUT2D eigenvalue weighted by Crippen LogP contribution is -2.25. The summed E-state index contributed by atoms with van der Waals surface area (Å²) in [6.07, 6.45) is 3.17. The third-order valence-corrected chi connectivity index (χ3v) is 5.00. The summed E-state index contributed by atoms with van der Waals surface area (Å²) < 4.78 is 5.56. The van der Waals surface area contributed by atoms with Crippen molar-refractivity contribution in [3.8, 4) is 5.75 Å². The predicted octanol–water partition coefficient (Wildman–Crippen LogP) is 5.34. The number of anilines is 1. The zero-order valence-electron chi connectivity index (χ0n) is 16.3. The van der Waals surface area contributed by atoms with Gasteiger partial charge < -0.3 is 10.1 Å². The number of hydrogen-bond acceptors (Lipinski definition) is 3. The van der Waals surface area contributed by atoms with Crippen LogP contribution in [0.3, 0.4) is 0 Å². The van der Waals surface area contributed by atoms with Crippen LogP contribution in [0.15, 0.2) is 42.5 Å². The lowest BCUT2D eigenvalue weighted by molar-refractivity contribution is -0.143. The summed E-state index contributed by atoms with van der Waals surface area (Å²) in [6.45, 7) is 8.69. The average Bonchev–Trinajstić information content (AvgIpc) is 2.61. The first kappa shape index (κ1) is 18.5. The Balaban J connectivity index is 1.77. The second-order valence-corrected chi connectivity index (χ2v) is 8.13. The summed E-state index contributed by atoms with van der Waals surface area (Å²) in [5, 5.41) is 3.48. The van der Waals surface area contributed by atoms with Gasteiger partial charge in [0, 0.05) is 12.2 Å². The Morgan fingerprint density at radius 2 is 1.92 bits per heavy atom. The van der Waals surface area contributed by atoms with E-state index in [0.717, 1.165) is 25.8 Å². The Morgan fingerprint density at radius 3 is 2.65 bits per heavy atom. The van der Waals surface area contributed by atoms with E-state index in [4.69, 9.17) is 4.74 Å². The van der Waals surface area contributed by atoms with Crippen LogP contribution in [0, 0.1) is 5.41 Å². The molecule has 0 radical (unpaired) electrons. The quantitative estimate of drug-likeness (QED) is 0.597. The number of para-hydroxylation sites is 1. The zero-order chi connectivity index (χ0) is 18.7. The second-order valence-electron chi connectivity index (χ2n) is 8.13. The second kappa shape index (κ2) is 7.53. The highest BCUT2D eigenvalue weighted by Gasteiger charge is 2.25. The van der Waals surface area contributed by atoms with Gasteiger partial charge >= 0.3 is 5.97 Å². The van der Waals surface area contributed by atoms with Crippen LogP contribution in [0.5, 0.6) is 5.75 Å². The van der Waals surface area contributed by atoms with Crippen molar-refractivity contribution in [2.24, 2.45) is 5.41 Å². The Kier molecular flexibility index (Phi) is 5.36. The molecule has 0 saturated heterocycles. The van der Waals surface area contributed by atoms with Crippen molar-refractivity contribution in [2.45, 2.75) is 52.9 Å². The molecule has 3 heteroatoms. The molecule has 0 amide bonds. The van der Waals surface area contributed by atoms with Gasteiger partial charge in [-0.1, -0.05) is 24.3 Å². The maximum absolute atomic E-state index is 12.1. The van der Waals surface area contributed by atoms with E-state index in [1.54, 1.807) is 0 Å². The molecule has 0 spiro atoms. The first-order chi connectivity index (χ1) is 12.4. The number of hydrogen-bond donors (Lipinski definition) is 1. The first-order valence-corrected chi connectivity index (χ1v) is 9.55. The SMILES string of the molecule is CCNc1ccccc1[C@H]1CCc2cc(OC(=O)C(C)(C)C)ccc2C1. The van der Waals surface area contributed by atoms with Gasteiger partial charge in [-0.25, -0.2) is 0 Å². The third kappa shape index (κ3) is 4.09. The fourth-order valence-electron chi connectivity index (χ4n) is 3.52. The molecule has 0 bridgehead atoms. The van der Waals surface area contributed by atoms with Gasteiger partial charge in [-0.2, -0.15) is 0 Å². The largest absolute Gasteiger partial charge is 0.426 e. The average molecular weight is 351 g/mol. The first-order valence-electron chi connectivity index (χ1n) is 9.55. The van der Waals surface area contributed by atoms with E-state index < -0.39 is 5.41 Å². The molecule has 1 atom stereocenters. The summed E-state index contributed by atoms with van der Waals surface area (Å²) >= 11 is 0. The van der Waals surface area contributed by atoms with Gasteiger partial charge in [0.1, 0.15) is 5.75 Å². The molecule has 3 nitrogen and oxygen atoms in total. The van der Waals surface area contributed by atoms with Crippen molar-refractivity contribution in [2.75, 3.05) is 11.9 Å². The summed E-state index contributed by atoms with van der Waals surface area (Å²) in [4.78, 5) is 12.1. The Morgan fingerprint density at radius 1 is 1.15 bits per heavy atom. The maximum atomic E-state index is 12.1. The van der Waals surface area contributed by atoms with E-state index in [9.17, 15) is 4.79 Å². The topological polar surface area (TPSA) is 38.3 Å². The van der Waals surface area contributed by atoms with Crippen LogP contribution in [0.2, 0.25) is 0 Å². The summed E-state index contributed by atoms with van der Waals surface area (Å²) in [5.74, 6) is 1.00. The molecule has 1 aliphatic carbocycles. The molecule has 138 valence electrons. The molecule has 0 heterocycles. The lowest BCUT2D eigenvalue weighted by Gasteiger charge is -2.27. The van der Waals surface area contributed by atoms with Crippen molar-refractivity contribution >= 4 is 11.7 Å². The van der Waals surface area contributed by atoms with E-state index in [1.165, 1.54) is 22.4 Å². The number of aryl methyl sites for hydroxylation is 1. The van der Waals surface area contributed by atoms with Crippen molar-refractivity contribution < 1.29 is 9.53 Å². The number of esters is 1. The molecule has 1 N–H and O–H groups in total. The minimum absolute atomic E-state index is 0.189. The monoisotopic (exact) mass is 351 g/mol. The van der Waals surface area contributed by atoms with Crippen molar-refractivity contribution in [1.82, 2.24) is 0 Å². The minimum atomic E-state index is -0.489. The smallest absolute Gasteiger partial charge is 0.316 e. The van der Waals surface area contributed by atoms with Crippen molar-refractivity contribution in [3.63, 3.8) is 0 Å². The summed E-state index contributed by atoms with van der Waals surface area (Å²) in [6, 6.07) is 14.7. The highest BCUT2D eigenvalue weighted by atomic mass is 16.5. The van der Waals surface area contributed by atoms with Crippen LogP contribution in [-0.2, 0) is 17.6 Å². The van der Waals surface area contributed by atoms with E-state index >= 15 is 0 Å². The van der Waals surface area contributed by atoms with Crippen LogP contribution in [0.1, 0.15) is 56.7 Å². The molecule has 26 heavy (non-hydrogen) atoms. The van der Waals surface area contributed by atoms with Gasteiger partial charge in [0.05, 0.1) is 5.41 Å². The number of ether oxygens (including phenoxy) is 1. The summed E-state index contributed by atoms with van der Waals surface area (Å²) in [5.41, 5.74) is 4.84. The maximum Gasteiger partial charge on any atom is 0.316 e. The van der Waals surface area contributed by atoms with Crippen molar-refractivity contribution in [1.29, 1.82) is 0 Å². The molecular formula is C23H29NO2. The predicted molar refractivity (Wildman–Crippen MR) is 107 cm³/mol. The van der Waals surface area contributed by atoms with Crippen LogP contribution < -0.4 is 10.1 Å². The van der Waals surface area contributed by atoms with Crippen molar-refractivity contribution in [3.05, 3.63) is 59.2 Å². The van der Waals surface area contributed by atoms with Gasteiger partial charge in [0.2, 0.25) is 0 Å². The lowest BCUT2D eigenvalue weighted by atomic mass is 9.79. The standard InChI is InChI=1S/C23H29NO2/c1-5-24-21-9-7-6-8-20(21)18-11-10-17-15-19(13-12-16(17)14-18)26-22(25)23(2,3)4/h6-9,12-13,15,18,24H,5,10-11,14H2,1-4H3/t18-/m0/s1. The van der Waals surface area contributed by atoms with Gasteiger partial charge in [-0.15, -0.1) is 0 Å². The molecule has 0 aliphatic heterocycles. The van der Waals surface area contributed by atoms with Crippen LogP contribution in [-0.4, -0.2) is 12.5 Å². The molecule has 3 rings (SSSR count). The number of benzene rings is 2. The van der Waals surface area contributed by atoms with Crippen LogP contribution >= 0.6 is 0 Å². The van der Waals surface area contributed by atoms with Crippen LogP contribution in [0.4, 0.5) is 5.69 Å². The summed E-state index contributed by atoms with van der Waals surface area (Å²) in [7, 11) is 0. The number of fused-ring (bicyclic) bond motifs is 1. The number of nitrogens with one attached hydrogen (secondary N) is 1. The zero-order valence-corrected chi connectivity index (χ0v) is 16.3. The van der Waals surface area contributed by atoms with Crippen LogP contribution in [0.25, 0.3) is 0 Å². The highest BCUT2D eigenvalue weighted by Crippen LogP contribution is 2.37. The van der Waals surface area contributed by atoms with Gasteiger partial charge in [-0.3, -0.25) is 4.79 Å². The molecule has 2 aromatic rings. The number of rotatable bonds is 4. The van der Waals surface area contributed by atoms with E-state index in [1.807, 2.05) is 32.9 Å². The molecular weight excluding hydrogens is 322 g/mol. The Labute approximate surface area is 156 Å². The fraction of sp³-hybridized carbons (Fsp3) is 0.435. The molecule has 1 aliphatic rings. The number of carbonyl (C=O) groups excluding carboxylic acids is 1. The normalized spacial score (nSPS) is 16.7. The molecule has 0 saturated carbocycles. The van der Waals surface area contributed by atoms with E-state index in [-0.39, 0.29) is 5.97 Å². The Bertz CT molecular complexity index is 789. The minimum Gasteiger partial charge on any atom is -0.426 e. The fourth-order valence-corrected chi connectivity index (χ4v) is 3.52. The molecule has 0 fully saturated rings. The van der Waals surface area contributed by atoms with E-state index in [2.05, 4.69) is 42.6 Å². The van der Waals surface area contributed by atoms with Gasteiger partial charge in [-0.05, 0) is 87.8 Å². The molecule has 0 unspecified atom stereocenters. The molecule has 0 aromatic heterocycles. The number of carbonyl (C=O) groups is 1. The van der Waals surface area contributed by atoms with Gasteiger partial charge in [0.25, 0.3) is 0 Å². The Hall–Kier alpha value is -2.29. The highest BCUT2D eigenvalue weighted by molar-refractivity contribution is 5.77. The third-order valence-electron chi connectivity index (χ3n) is 5.00. The van der Waals surface area contributed by atoms with Gasteiger partial charge in [0.15, 0.2) is 0 Å². The van der Waals surface area contributed by atoms with E-state index in [0.29, 0.717) is 11.7 Å². The molecule has 2 aromatic carbocycles.